The van der Waals surface area contributed by atoms with Gasteiger partial charge in [0.1, 0.15) is 0 Å². The van der Waals surface area contributed by atoms with Crippen LogP contribution in [0.4, 0.5) is 0 Å². The third-order valence-corrected chi connectivity index (χ3v) is 8.12. The van der Waals surface area contributed by atoms with Gasteiger partial charge in [-0.25, -0.2) is 8.42 Å². The number of benzene rings is 1. The third kappa shape index (κ3) is 5.35. The quantitative estimate of drug-likeness (QED) is 0.611. The maximum atomic E-state index is 12.8. The molecule has 1 aliphatic heterocycles. The monoisotopic (exact) mass is 476 g/mol. The van der Waals surface area contributed by atoms with Gasteiger partial charge in [-0.05, 0) is 75.3 Å². The highest BCUT2D eigenvalue weighted by Gasteiger charge is 2.30. The Hall–Kier alpha value is -2.52. The smallest absolute Gasteiger partial charge is 0.287 e. The lowest BCUT2D eigenvalue weighted by Crippen LogP contribution is -2.35. The van der Waals surface area contributed by atoms with Gasteiger partial charge in [-0.15, -0.1) is 0 Å². The van der Waals surface area contributed by atoms with Crippen LogP contribution in [0.2, 0.25) is 0 Å². The SMILES string of the molecule is COc1cc(C(C)NC(=O)c2ccc(S(=O)(=O)N3CCCCC3)o2)ccc1OC1CCCC1. The van der Waals surface area contributed by atoms with Gasteiger partial charge < -0.3 is 19.2 Å². The van der Waals surface area contributed by atoms with Crippen LogP contribution in [0.5, 0.6) is 11.5 Å². The van der Waals surface area contributed by atoms with Crippen molar-refractivity contribution in [3.63, 3.8) is 0 Å². The second-order valence-corrected chi connectivity index (χ2v) is 10.6. The lowest BCUT2D eigenvalue weighted by Gasteiger charge is -2.24. The Morgan fingerprint density at radius 1 is 1.06 bits per heavy atom. The molecule has 180 valence electrons. The number of carbonyl (C=O) groups is 1. The summed E-state index contributed by atoms with van der Waals surface area (Å²) in [6, 6.07) is 8.01. The molecule has 1 N–H and O–H groups in total. The molecule has 9 heteroatoms. The van der Waals surface area contributed by atoms with Gasteiger partial charge in [-0.1, -0.05) is 12.5 Å². The van der Waals surface area contributed by atoms with E-state index >= 15 is 0 Å². The molecule has 4 rings (SSSR count). The highest BCUT2D eigenvalue weighted by atomic mass is 32.2. The maximum absolute atomic E-state index is 12.8. The Balaban J connectivity index is 1.42. The average molecular weight is 477 g/mol. The summed E-state index contributed by atoms with van der Waals surface area (Å²) in [4.78, 5) is 12.7. The standard InChI is InChI=1S/C24H32N2O6S/c1-17(18-10-11-20(22(16-18)30-2)31-19-8-4-5-9-19)25-24(27)21-12-13-23(32-21)33(28,29)26-14-6-3-7-15-26/h10-13,16-17,19H,3-9,14-15H2,1-2H3,(H,25,27). The first kappa shape index (κ1) is 23.6. The van der Waals surface area contributed by atoms with Crippen LogP contribution in [-0.2, 0) is 10.0 Å². The van der Waals surface area contributed by atoms with Crippen molar-refractivity contribution >= 4 is 15.9 Å². The van der Waals surface area contributed by atoms with E-state index in [9.17, 15) is 13.2 Å². The molecule has 2 aliphatic rings. The topological polar surface area (TPSA) is 98.1 Å². The maximum Gasteiger partial charge on any atom is 0.287 e. The molecule has 1 unspecified atom stereocenters. The number of hydrogen-bond acceptors (Lipinski definition) is 6. The van der Waals surface area contributed by atoms with Crippen molar-refractivity contribution in [2.75, 3.05) is 20.2 Å². The van der Waals surface area contributed by atoms with Crippen LogP contribution in [0.3, 0.4) is 0 Å². The van der Waals surface area contributed by atoms with Crippen molar-refractivity contribution in [1.82, 2.24) is 9.62 Å². The summed E-state index contributed by atoms with van der Waals surface area (Å²) in [5.41, 5.74) is 0.840. The van der Waals surface area contributed by atoms with Crippen LogP contribution in [0.1, 0.15) is 74.0 Å². The molecule has 1 aromatic heterocycles. The van der Waals surface area contributed by atoms with Gasteiger partial charge in [-0.2, -0.15) is 4.31 Å². The van der Waals surface area contributed by atoms with Crippen LogP contribution < -0.4 is 14.8 Å². The number of methoxy groups -OCH3 is 1. The van der Waals surface area contributed by atoms with Crippen LogP contribution in [-0.4, -0.2) is 44.9 Å². The lowest BCUT2D eigenvalue weighted by molar-refractivity contribution is 0.0906. The Morgan fingerprint density at radius 2 is 1.79 bits per heavy atom. The molecule has 1 saturated carbocycles. The van der Waals surface area contributed by atoms with Crippen molar-refractivity contribution < 1.29 is 27.1 Å². The van der Waals surface area contributed by atoms with Gasteiger partial charge in [0.25, 0.3) is 15.9 Å². The summed E-state index contributed by atoms with van der Waals surface area (Å²) < 4.78 is 44.0. The predicted octanol–water partition coefficient (Wildman–Crippen LogP) is 4.28. The van der Waals surface area contributed by atoms with E-state index in [1.54, 1.807) is 7.11 Å². The van der Waals surface area contributed by atoms with Gasteiger partial charge in [0.2, 0.25) is 5.09 Å². The molecule has 0 bridgehead atoms. The Labute approximate surface area is 195 Å². The first-order chi connectivity index (χ1) is 15.9. The van der Waals surface area contributed by atoms with E-state index in [1.165, 1.54) is 29.3 Å². The molecule has 1 aliphatic carbocycles. The van der Waals surface area contributed by atoms with E-state index in [1.807, 2.05) is 25.1 Å². The highest BCUT2D eigenvalue weighted by molar-refractivity contribution is 7.89. The van der Waals surface area contributed by atoms with Gasteiger partial charge in [0, 0.05) is 13.1 Å². The highest BCUT2D eigenvalue weighted by Crippen LogP contribution is 2.34. The zero-order valence-corrected chi connectivity index (χ0v) is 20.0. The van der Waals surface area contributed by atoms with Crippen molar-refractivity contribution in [3.8, 4) is 11.5 Å². The van der Waals surface area contributed by atoms with Gasteiger partial charge in [0.15, 0.2) is 17.3 Å². The van der Waals surface area contributed by atoms with Crippen molar-refractivity contribution in [1.29, 1.82) is 0 Å². The van der Waals surface area contributed by atoms with Gasteiger partial charge in [0.05, 0.1) is 19.3 Å². The minimum atomic E-state index is -3.72. The number of furan rings is 1. The number of nitrogens with zero attached hydrogens (tertiary/aromatic N) is 1. The summed E-state index contributed by atoms with van der Waals surface area (Å²) in [7, 11) is -2.13. The number of nitrogens with one attached hydrogen (secondary N) is 1. The molecule has 1 atom stereocenters. The summed E-state index contributed by atoms with van der Waals surface area (Å²) >= 11 is 0. The fourth-order valence-electron chi connectivity index (χ4n) is 4.40. The molecular weight excluding hydrogens is 444 g/mol. The first-order valence-corrected chi connectivity index (χ1v) is 13.1. The fraction of sp³-hybridized carbons (Fsp3) is 0.542. The van der Waals surface area contributed by atoms with Gasteiger partial charge in [-0.3, -0.25) is 4.79 Å². The van der Waals surface area contributed by atoms with Crippen LogP contribution >= 0.6 is 0 Å². The molecule has 0 spiro atoms. The second-order valence-electron chi connectivity index (χ2n) is 8.71. The number of rotatable bonds is 8. The average Bonchev–Trinajstić information content (AvgIpc) is 3.52. The molecule has 1 amide bonds. The fourth-order valence-corrected chi connectivity index (χ4v) is 5.83. The summed E-state index contributed by atoms with van der Waals surface area (Å²) in [5, 5.41) is 2.67. The van der Waals surface area contributed by atoms with Gasteiger partial charge >= 0.3 is 0 Å². The summed E-state index contributed by atoms with van der Waals surface area (Å²) in [5.74, 6) is 0.803. The molecule has 33 heavy (non-hydrogen) atoms. The Morgan fingerprint density at radius 3 is 2.48 bits per heavy atom. The largest absolute Gasteiger partial charge is 0.493 e. The van der Waals surface area contributed by atoms with Crippen molar-refractivity contribution in [2.45, 2.75) is 69.1 Å². The summed E-state index contributed by atoms with van der Waals surface area (Å²) in [6.07, 6.45) is 7.37. The number of amides is 1. The normalized spacial score (nSPS) is 18.7. The van der Waals surface area contributed by atoms with E-state index < -0.39 is 15.9 Å². The van der Waals surface area contributed by atoms with E-state index in [0.29, 0.717) is 24.6 Å². The second kappa shape index (κ2) is 10.2. The summed E-state index contributed by atoms with van der Waals surface area (Å²) in [6.45, 7) is 2.80. The molecule has 1 aromatic carbocycles. The molecule has 2 fully saturated rings. The van der Waals surface area contributed by atoms with Crippen molar-refractivity contribution in [2.24, 2.45) is 0 Å². The number of sulfonamides is 1. The van der Waals surface area contributed by atoms with E-state index in [-0.39, 0.29) is 23.0 Å². The first-order valence-electron chi connectivity index (χ1n) is 11.6. The molecular formula is C24H32N2O6S. The Bertz CT molecular complexity index is 1070. The van der Waals surface area contributed by atoms with Crippen molar-refractivity contribution in [3.05, 3.63) is 41.7 Å². The number of hydrogen-bond donors (Lipinski definition) is 1. The minimum absolute atomic E-state index is 0.0365. The molecule has 1 saturated heterocycles. The molecule has 2 aromatic rings. The molecule has 2 heterocycles. The van der Waals surface area contributed by atoms with Crippen LogP contribution in [0.25, 0.3) is 0 Å². The number of piperidine rings is 1. The zero-order chi connectivity index (χ0) is 23.4. The molecule has 8 nitrogen and oxygen atoms in total. The lowest BCUT2D eigenvalue weighted by atomic mass is 10.1. The number of carbonyl (C=O) groups excluding carboxylic acids is 1. The van der Waals surface area contributed by atoms with Crippen LogP contribution in [0.15, 0.2) is 39.8 Å². The van der Waals surface area contributed by atoms with E-state index in [4.69, 9.17) is 13.9 Å². The Kier molecular flexibility index (Phi) is 7.29. The number of ether oxygens (including phenoxy) is 2. The molecule has 0 radical (unpaired) electrons. The third-order valence-electron chi connectivity index (χ3n) is 6.35. The van der Waals surface area contributed by atoms with E-state index in [0.717, 1.165) is 37.7 Å². The zero-order valence-electron chi connectivity index (χ0n) is 19.2. The predicted molar refractivity (Wildman–Crippen MR) is 123 cm³/mol. The van der Waals surface area contributed by atoms with Crippen LogP contribution in [0, 0.1) is 0 Å². The minimum Gasteiger partial charge on any atom is -0.493 e. The van der Waals surface area contributed by atoms with E-state index in [2.05, 4.69) is 5.32 Å².